The highest BCUT2D eigenvalue weighted by Crippen LogP contribution is 2.33. The molecule has 4 heterocycles. The summed E-state index contributed by atoms with van der Waals surface area (Å²) in [7, 11) is 2.21. The third-order valence-electron chi connectivity index (χ3n) is 8.63. The lowest BCUT2D eigenvalue weighted by Crippen LogP contribution is -2.52. The standard InChI is InChI=1S/C31H40N8O2/c1-36-17-19-38(20-18-36)25-11-14-37(15-12-25)24-9-7-23(8-10-24)33-30-28(29(32)41)34-27(22-5-3-2-4-6-22)31(35-30)39-16-13-26(40)21-39/h2-10,25-26,40H,11-21H2,1H3,(H2,32,41)(H,33,35). The smallest absolute Gasteiger partial charge is 0.271 e. The van der Waals surface area contributed by atoms with Crippen LogP contribution in [0.5, 0.6) is 0 Å². The number of piperidine rings is 1. The Hall–Kier alpha value is -3.73. The fourth-order valence-corrected chi connectivity index (χ4v) is 6.20. The average molecular weight is 557 g/mol. The number of rotatable bonds is 7. The SMILES string of the molecule is CN1CCN(C2CCN(c3ccc(Nc4nc(N5CCC(O)C5)c(-c5ccccc5)nc4C(N)=O)cc3)CC2)CC1. The van der Waals surface area contributed by atoms with Crippen LogP contribution >= 0.6 is 0 Å². The predicted molar refractivity (Wildman–Crippen MR) is 163 cm³/mol. The maximum Gasteiger partial charge on any atom is 0.271 e. The summed E-state index contributed by atoms with van der Waals surface area (Å²) < 4.78 is 0. The zero-order valence-corrected chi connectivity index (χ0v) is 23.7. The highest BCUT2D eigenvalue weighted by atomic mass is 16.3. The maximum atomic E-state index is 12.5. The van der Waals surface area contributed by atoms with Crippen molar-refractivity contribution in [1.82, 2.24) is 19.8 Å². The van der Waals surface area contributed by atoms with Gasteiger partial charge in [-0.05, 0) is 50.6 Å². The maximum absolute atomic E-state index is 12.5. The lowest BCUT2D eigenvalue weighted by atomic mass is 10.0. The largest absolute Gasteiger partial charge is 0.391 e. The van der Waals surface area contributed by atoms with Crippen LogP contribution in [0.4, 0.5) is 23.0 Å². The number of β-amino-alcohol motifs (C(OH)–C–C–N with tert-alkyl or cyclic N) is 1. The first-order chi connectivity index (χ1) is 19.9. The van der Waals surface area contributed by atoms with E-state index in [1.165, 1.54) is 31.6 Å². The van der Waals surface area contributed by atoms with Gasteiger partial charge in [0.25, 0.3) is 5.91 Å². The Balaban J connectivity index is 1.19. The number of aliphatic hydroxyl groups is 1. The molecule has 3 saturated heterocycles. The number of aromatic nitrogens is 2. The van der Waals surface area contributed by atoms with Crippen molar-refractivity contribution in [3.63, 3.8) is 0 Å². The molecule has 3 fully saturated rings. The molecule has 0 aliphatic carbocycles. The van der Waals surface area contributed by atoms with E-state index in [2.05, 4.69) is 39.2 Å². The molecule has 10 heteroatoms. The number of piperazine rings is 1. The summed E-state index contributed by atoms with van der Waals surface area (Å²) in [6.07, 6.45) is 2.60. The van der Waals surface area contributed by atoms with E-state index in [-0.39, 0.29) is 5.69 Å². The number of nitrogens with zero attached hydrogens (tertiary/aromatic N) is 6. The van der Waals surface area contributed by atoms with Crippen LogP contribution in [0.15, 0.2) is 54.6 Å². The van der Waals surface area contributed by atoms with E-state index in [4.69, 9.17) is 15.7 Å². The Kier molecular flexibility index (Phi) is 8.04. The van der Waals surface area contributed by atoms with Crippen LogP contribution in [-0.2, 0) is 0 Å². The van der Waals surface area contributed by atoms with Crippen molar-refractivity contribution < 1.29 is 9.90 Å². The molecule has 216 valence electrons. The zero-order valence-electron chi connectivity index (χ0n) is 23.7. The van der Waals surface area contributed by atoms with Crippen LogP contribution in [0.2, 0.25) is 0 Å². The van der Waals surface area contributed by atoms with Crippen molar-refractivity contribution >= 4 is 28.9 Å². The monoisotopic (exact) mass is 556 g/mol. The Bertz CT molecular complexity index is 1340. The second-order valence-corrected chi connectivity index (χ2v) is 11.4. The summed E-state index contributed by atoms with van der Waals surface area (Å²) in [5, 5.41) is 13.5. The lowest BCUT2D eigenvalue weighted by Gasteiger charge is -2.42. The van der Waals surface area contributed by atoms with Gasteiger partial charge in [-0.1, -0.05) is 30.3 Å². The minimum atomic E-state index is -0.648. The minimum absolute atomic E-state index is 0.0856. The fourth-order valence-electron chi connectivity index (χ4n) is 6.20. The van der Waals surface area contributed by atoms with Crippen molar-refractivity contribution in [3.8, 4) is 11.3 Å². The molecule has 3 aromatic rings. The molecule has 1 amide bonds. The van der Waals surface area contributed by atoms with Gasteiger partial charge in [-0.3, -0.25) is 9.69 Å². The number of primary amides is 1. The van der Waals surface area contributed by atoms with Gasteiger partial charge in [-0.2, -0.15) is 0 Å². The van der Waals surface area contributed by atoms with Gasteiger partial charge in [0.1, 0.15) is 5.69 Å². The fraction of sp³-hybridized carbons (Fsp3) is 0.452. The Morgan fingerprint density at radius 2 is 1.56 bits per heavy atom. The van der Waals surface area contributed by atoms with Gasteiger partial charge in [0.2, 0.25) is 0 Å². The molecule has 6 rings (SSSR count). The molecule has 1 atom stereocenters. The molecule has 1 unspecified atom stereocenters. The summed E-state index contributed by atoms with van der Waals surface area (Å²) in [5.74, 6) is 0.291. The van der Waals surface area contributed by atoms with Crippen LogP contribution in [0, 0.1) is 0 Å². The molecule has 10 nitrogen and oxygen atoms in total. The third-order valence-corrected chi connectivity index (χ3v) is 8.63. The number of amides is 1. The van der Waals surface area contributed by atoms with Crippen LogP contribution in [-0.4, -0.2) is 102 Å². The first kappa shape index (κ1) is 27.4. The quantitative estimate of drug-likeness (QED) is 0.404. The van der Waals surface area contributed by atoms with Gasteiger partial charge < -0.3 is 30.9 Å². The Morgan fingerprint density at radius 1 is 0.878 bits per heavy atom. The normalized spacial score (nSPS) is 20.9. The first-order valence-electron chi connectivity index (χ1n) is 14.7. The van der Waals surface area contributed by atoms with E-state index in [1.54, 1.807) is 0 Å². The molecule has 4 N–H and O–H groups in total. The lowest BCUT2D eigenvalue weighted by molar-refractivity contribution is 0.0982. The first-order valence-corrected chi connectivity index (χ1v) is 14.7. The molecule has 3 aliphatic heterocycles. The van der Waals surface area contributed by atoms with Gasteiger partial charge in [-0.15, -0.1) is 0 Å². The zero-order chi connectivity index (χ0) is 28.3. The van der Waals surface area contributed by atoms with Gasteiger partial charge >= 0.3 is 0 Å². The van der Waals surface area contributed by atoms with Gasteiger partial charge in [-0.25, -0.2) is 9.97 Å². The number of hydrogen-bond donors (Lipinski definition) is 3. The second-order valence-electron chi connectivity index (χ2n) is 11.4. The molecule has 1 aromatic heterocycles. The van der Waals surface area contributed by atoms with Crippen molar-refractivity contribution in [2.45, 2.75) is 31.4 Å². The number of hydrogen-bond acceptors (Lipinski definition) is 9. The van der Waals surface area contributed by atoms with Crippen LogP contribution < -0.4 is 20.9 Å². The number of carbonyl (C=O) groups is 1. The molecule has 0 radical (unpaired) electrons. The molecule has 3 aliphatic rings. The number of aliphatic hydroxyl groups excluding tert-OH is 1. The molecule has 0 bridgehead atoms. The van der Waals surface area contributed by atoms with E-state index in [0.717, 1.165) is 37.4 Å². The highest BCUT2D eigenvalue weighted by Gasteiger charge is 2.29. The van der Waals surface area contributed by atoms with Crippen LogP contribution in [0.25, 0.3) is 11.3 Å². The Labute approximate surface area is 241 Å². The minimum Gasteiger partial charge on any atom is -0.391 e. The molecular weight excluding hydrogens is 516 g/mol. The van der Waals surface area contributed by atoms with Crippen molar-refractivity contribution in [3.05, 3.63) is 60.3 Å². The molecule has 41 heavy (non-hydrogen) atoms. The molecule has 0 saturated carbocycles. The number of anilines is 4. The van der Waals surface area contributed by atoms with E-state index in [9.17, 15) is 9.90 Å². The van der Waals surface area contributed by atoms with E-state index < -0.39 is 12.0 Å². The summed E-state index contributed by atoms with van der Waals surface area (Å²) in [6, 6.07) is 18.6. The molecule has 0 spiro atoms. The van der Waals surface area contributed by atoms with Gasteiger partial charge in [0, 0.05) is 75.3 Å². The number of nitrogens with two attached hydrogens (primary N) is 1. The summed E-state index contributed by atoms with van der Waals surface area (Å²) >= 11 is 0. The van der Waals surface area contributed by atoms with Crippen LogP contribution in [0.1, 0.15) is 29.8 Å². The van der Waals surface area contributed by atoms with Crippen molar-refractivity contribution in [2.24, 2.45) is 5.73 Å². The number of benzene rings is 2. The van der Waals surface area contributed by atoms with E-state index in [0.29, 0.717) is 42.9 Å². The average Bonchev–Trinajstić information content (AvgIpc) is 3.44. The van der Waals surface area contributed by atoms with Crippen molar-refractivity contribution in [2.75, 3.05) is 74.5 Å². The number of nitrogens with one attached hydrogen (secondary N) is 1. The van der Waals surface area contributed by atoms with E-state index in [1.807, 2.05) is 47.4 Å². The van der Waals surface area contributed by atoms with Crippen molar-refractivity contribution in [1.29, 1.82) is 0 Å². The summed E-state index contributed by atoms with van der Waals surface area (Å²) in [5.41, 5.74) is 9.29. The molecular formula is C31H40N8O2. The number of likely N-dealkylation sites (N-methyl/N-ethyl adjacent to an activating group) is 1. The van der Waals surface area contributed by atoms with Gasteiger partial charge in [0.15, 0.2) is 17.3 Å². The third kappa shape index (κ3) is 6.14. The van der Waals surface area contributed by atoms with Gasteiger partial charge in [0.05, 0.1) is 6.10 Å². The van der Waals surface area contributed by atoms with E-state index >= 15 is 0 Å². The second kappa shape index (κ2) is 12.0. The summed E-state index contributed by atoms with van der Waals surface area (Å²) in [6.45, 7) is 7.88. The highest BCUT2D eigenvalue weighted by molar-refractivity contribution is 5.97. The number of carbonyl (C=O) groups excluding carboxylic acids is 1. The molecule has 2 aromatic carbocycles. The predicted octanol–water partition coefficient (Wildman–Crippen LogP) is 2.77. The van der Waals surface area contributed by atoms with Crippen LogP contribution in [0.3, 0.4) is 0 Å². The summed E-state index contributed by atoms with van der Waals surface area (Å²) in [4.78, 5) is 31.6. The Morgan fingerprint density at radius 3 is 2.20 bits per heavy atom. The topological polar surface area (TPSA) is 114 Å².